The number of oxazole rings is 1. The smallest absolute Gasteiger partial charge is 0.422 e. The van der Waals surface area contributed by atoms with Crippen LogP contribution in [0, 0.1) is 6.92 Å². The zero-order valence-corrected chi connectivity index (χ0v) is 17.5. The maximum atomic E-state index is 13.0. The Bertz CT molecular complexity index is 1200. The molecule has 4 heterocycles. The van der Waals surface area contributed by atoms with Crippen LogP contribution in [-0.4, -0.2) is 44.4 Å². The summed E-state index contributed by atoms with van der Waals surface area (Å²) in [5, 5.41) is 2.63. The van der Waals surface area contributed by atoms with Crippen LogP contribution in [0.1, 0.15) is 50.6 Å². The molecule has 1 N–H and O–H groups in total. The predicted molar refractivity (Wildman–Crippen MR) is 108 cm³/mol. The second kappa shape index (κ2) is 8.52. The first-order chi connectivity index (χ1) is 15.6. The molecule has 4 rings (SSSR count). The van der Waals surface area contributed by atoms with Crippen LogP contribution >= 0.6 is 0 Å². The topological polar surface area (TPSA) is 110 Å². The fourth-order valence-electron chi connectivity index (χ4n) is 3.43. The first kappa shape index (κ1) is 22.2. The monoisotopic (exact) mass is 461 g/mol. The van der Waals surface area contributed by atoms with Crippen LogP contribution in [0.4, 0.5) is 19.0 Å². The predicted octanol–water partition coefficient (Wildman–Crippen LogP) is 3.68. The number of amides is 2. The van der Waals surface area contributed by atoms with Crippen LogP contribution in [0.3, 0.4) is 0 Å². The molecule has 0 bridgehead atoms. The lowest BCUT2D eigenvalue weighted by Crippen LogP contribution is -2.28. The van der Waals surface area contributed by atoms with Crippen molar-refractivity contribution >= 4 is 17.6 Å². The second-order valence-corrected chi connectivity index (χ2v) is 7.40. The van der Waals surface area contributed by atoms with Crippen molar-refractivity contribution < 1.29 is 31.9 Å². The van der Waals surface area contributed by atoms with Gasteiger partial charge in [-0.1, -0.05) is 0 Å². The van der Waals surface area contributed by atoms with Crippen LogP contribution in [-0.2, 0) is 6.54 Å². The normalized spacial score (nSPS) is 14.2. The Balaban J connectivity index is 1.52. The molecule has 0 saturated carbocycles. The van der Waals surface area contributed by atoms with E-state index in [2.05, 4.69) is 20.3 Å². The summed E-state index contributed by atoms with van der Waals surface area (Å²) in [7, 11) is 0. The van der Waals surface area contributed by atoms with Gasteiger partial charge in [0.25, 0.3) is 11.8 Å². The van der Waals surface area contributed by atoms with Crippen molar-refractivity contribution in [2.75, 3.05) is 11.9 Å². The van der Waals surface area contributed by atoms with E-state index < -0.39 is 24.7 Å². The van der Waals surface area contributed by atoms with E-state index >= 15 is 0 Å². The number of rotatable bonds is 6. The van der Waals surface area contributed by atoms with Gasteiger partial charge in [0.15, 0.2) is 18.7 Å². The lowest BCUT2D eigenvalue weighted by Gasteiger charge is -2.24. The van der Waals surface area contributed by atoms with E-state index in [4.69, 9.17) is 9.15 Å². The molecule has 0 fully saturated rings. The third kappa shape index (κ3) is 4.64. The van der Waals surface area contributed by atoms with Crippen LogP contribution in [0.2, 0.25) is 0 Å². The van der Waals surface area contributed by atoms with Gasteiger partial charge in [0.2, 0.25) is 0 Å². The molecule has 3 aromatic heterocycles. The highest BCUT2D eigenvalue weighted by molar-refractivity contribution is 6.05. The molecule has 0 aromatic carbocycles. The molecular formula is C21H18F3N5O4. The van der Waals surface area contributed by atoms with Crippen molar-refractivity contribution in [1.82, 2.24) is 19.9 Å². The number of carbonyl (C=O) groups excluding carboxylic acids is 2. The molecule has 12 heteroatoms. The molecule has 2 amide bonds. The number of aryl methyl sites for hydroxylation is 1. The van der Waals surface area contributed by atoms with Gasteiger partial charge in [-0.3, -0.25) is 14.6 Å². The zero-order valence-electron chi connectivity index (χ0n) is 17.5. The number of carbonyl (C=O) groups is 2. The average molecular weight is 461 g/mol. The summed E-state index contributed by atoms with van der Waals surface area (Å²) in [5.41, 5.74) is 1.93. The van der Waals surface area contributed by atoms with Gasteiger partial charge in [-0.15, -0.1) is 0 Å². The van der Waals surface area contributed by atoms with E-state index in [1.807, 2.05) is 0 Å². The van der Waals surface area contributed by atoms with Gasteiger partial charge in [-0.2, -0.15) is 13.2 Å². The molecule has 0 aliphatic carbocycles. The number of hydrogen-bond acceptors (Lipinski definition) is 7. The molecular weight excluding hydrogens is 443 g/mol. The summed E-state index contributed by atoms with van der Waals surface area (Å²) in [4.78, 5) is 39.0. The molecule has 0 saturated heterocycles. The Morgan fingerprint density at radius 3 is 2.79 bits per heavy atom. The van der Waals surface area contributed by atoms with Gasteiger partial charge in [-0.05, 0) is 31.5 Å². The van der Waals surface area contributed by atoms with Gasteiger partial charge >= 0.3 is 6.18 Å². The number of halogens is 3. The quantitative estimate of drug-likeness (QED) is 0.596. The van der Waals surface area contributed by atoms with E-state index in [0.717, 1.165) is 6.39 Å². The van der Waals surface area contributed by atoms with Crippen molar-refractivity contribution in [3.63, 3.8) is 0 Å². The van der Waals surface area contributed by atoms with Crippen LogP contribution in [0.5, 0.6) is 5.75 Å². The Morgan fingerprint density at radius 2 is 2.12 bits per heavy atom. The molecule has 1 aliphatic rings. The number of pyridine rings is 2. The van der Waals surface area contributed by atoms with Gasteiger partial charge in [0.1, 0.15) is 17.8 Å². The summed E-state index contributed by atoms with van der Waals surface area (Å²) < 4.78 is 46.9. The first-order valence-electron chi connectivity index (χ1n) is 9.78. The Kier molecular flexibility index (Phi) is 5.75. The van der Waals surface area contributed by atoms with Gasteiger partial charge in [0.05, 0.1) is 24.5 Å². The van der Waals surface area contributed by atoms with Gasteiger partial charge < -0.3 is 19.4 Å². The number of fused-ring (bicyclic) bond motifs is 1. The minimum absolute atomic E-state index is 0.0152. The number of anilines is 1. The number of nitrogens with one attached hydrogen (secondary N) is 1. The molecule has 1 unspecified atom stereocenters. The zero-order chi connectivity index (χ0) is 23.8. The molecule has 3 aromatic rings. The summed E-state index contributed by atoms with van der Waals surface area (Å²) in [6.45, 7) is 2.10. The fraction of sp³-hybridized carbons (Fsp3) is 0.286. The highest BCUT2D eigenvalue weighted by Crippen LogP contribution is 2.34. The number of hydrogen-bond donors (Lipinski definition) is 1. The number of alkyl halides is 3. The summed E-state index contributed by atoms with van der Waals surface area (Å²) in [5.74, 6) is -0.575. The summed E-state index contributed by atoms with van der Waals surface area (Å²) >= 11 is 0. The summed E-state index contributed by atoms with van der Waals surface area (Å²) in [6, 6.07) is 2.64. The highest BCUT2D eigenvalue weighted by Gasteiger charge is 2.35. The standard InChI is InChI=1S/C21H18F3N5O4/c1-11-5-15(26-6-17(11)33-9-21(22,23)24)12(2)29-7-14-13(20(29)31)3-4-25-18(14)28-19(30)16-8-32-10-27-16/h3-6,8,10,12H,7,9H2,1-2H3,(H,25,28,30). The van der Waals surface area contributed by atoms with E-state index in [1.54, 1.807) is 26.0 Å². The first-order valence-corrected chi connectivity index (χ1v) is 9.78. The third-order valence-corrected chi connectivity index (χ3v) is 5.14. The van der Waals surface area contributed by atoms with Gasteiger partial charge in [0, 0.05) is 17.3 Å². The van der Waals surface area contributed by atoms with E-state index in [-0.39, 0.29) is 29.7 Å². The van der Waals surface area contributed by atoms with E-state index in [0.29, 0.717) is 22.4 Å². The Labute approximate surface area is 185 Å². The number of nitrogens with zero attached hydrogens (tertiary/aromatic N) is 4. The molecule has 33 heavy (non-hydrogen) atoms. The molecule has 9 nitrogen and oxygen atoms in total. The third-order valence-electron chi connectivity index (χ3n) is 5.14. The SMILES string of the molecule is Cc1cc(C(C)N2Cc3c(ccnc3NC(=O)c3cocn3)C2=O)ncc1OCC(F)(F)F. The molecule has 1 atom stereocenters. The van der Waals surface area contributed by atoms with Crippen LogP contribution in [0.15, 0.2) is 41.6 Å². The lowest BCUT2D eigenvalue weighted by atomic mass is 10.1. The van der Waals surface area contributed by atoms with Crippen molar-refractivity contribution in [2.45, 2.75) is 32.6 Å². The van der Waals surface area contributed by atoms with Crippen molar-refractivity contribution in [1.29, 1.82) is 0 Å². The van der Waals surface area contributed by atoms with E-state index in [9.17, 15) is 22.8 Å². The largest absolute Gasteiger partial charge is 0.482 e. The minimum atomic E-state index is -4.46. The Morgan fingerprint density at radius 1 is 1.33 bits per heavy atom. The fourth-order valence-corrected chi connectivity index (χ4v) is 3.43. The molecule has 172 valence electrons. The second-order valence-electron chi connectivity index (χ2n) is 7.40. The van der Waals surface area contributed by atoms with Crippen LogP contribution in [0.25, 0.3) is 0 Å². The number of ether oxygens (including phenoxy) is 1. The molecule has 1 aliphatic heterocycles. The van der Waals surface area contributed by atoms with E-state index in [1.165, 1.54) is 23.6 Å². The van der Waals surface area contributed by atoms with Crippen molar-refractivity contribution in [3.8, 4) is 5.75 Å². The molecule has 0 radical (unpaired) electrons. The highest BCUT2D eigenvalue weighted by atomic mass is 19.4. The maximum Gasteiger partial charge on any atom is 0.422 e. The lowest BCUT2D eigenvalue weighted by molar-refractivity contribution is -0.153. The average Bonchev–Trinajstić information content (AvgIpc) is 3.41. The van der Waals surface area contributed by atoms with Crippen molar-refractivity contribution in [2.24, 2.45) is 0 Å². The van der Waals surface area contributed by atoms with Crippen molar-refractivity contribution in [3.05, 3.63) is 65.3 Å². The minimum Gasteiger partial charge on any atom is -0.482 e. The molecule has 0 spiro atoms. The van der Waals surface area contributed by atoms with Gasteiger partial charge in [-0.25, -0.2) is 9.97 Å². The number of aromatic nitrogens is 3. The van der Waals surface area contributed by atoms with Crippen LogP contribution < -0.4 is 10.1 Å². The Hall–Kier alpha value is -3.96. The maximum absolute atomic E-state index is 13.0. The summed E-state index contributed by atoms with van der Waals surface area (Å²) in [6.07, 6.45) is 0.485.